The molecule has 25 heavy (non-hydrogen) atoms. The van der Waals surface area contributed by atoms with Gasteiger partial charge < -0.3 is 20.1 Å². The van der Waals surface area contributed by atoms with Crippen LogP contribution in [-0.4, -0.2) is 33.3 Å². The summed E-state index contributed by atoms with van der Waals surface area (Å²) in [6.45, 7) is 3.91. The van der Waals surface area contributed by atoms with Gasteiger partial charge in [-0.25, -0.2) is 0 Å². The van der Waals surface area contributed by atoms with Crippen molar-refractivity contribution in [3.8, 4) is 5.75 Å². The molecule has 0 amide bonds. The summed E-state index contributed by atoms with van der Waals surface area (Å²) in [6, 6.07) is 18.5. The van der Waals surface area contributed by atoms with Gasteiger partial charge in [0.05, 0.1) is 12.6 Å². The predicted molar refractivity (Wildman–Crippen MR) is 102 cm³/mol. The molecule has 1 atom stereocenters. The fourth-order valence-corrected chi connectivity index (χ4v) is 2.40. The molecule has 2 aromatic carbocycles. The molecule has 2 N–H and O–H groups in total. The molecule has 0 saturated heterocycles. The van der Waals surface area contributed by atoms with Gasteiger partial charge in [-0.05, 0) is 30.2 Å². The number of benzene rings is 2. The quantitative estimate of drug-likeness (QED) is 0.440. The lowest BCUT2D eigenvalue weighted by atomic mass is 10.1. The van der Waals surface area contributed by atoms with Gasteiger partial charge in [-0.1, -0.05) is 42.5 Å². The first kappa shape index (κ1) is 18.8. The molecule has 0 spiro atoms. The fraction of sp³-hybridized carbons (Fsp3) is 0.350. The number of aliphatic imine (C=N–C) groups is 1. The molecular formula is C20H27N3O2. The van der Waals surface area contributed by atoms with Crippen molar-refractivity contribution in [3.63, 3.8) is 0 Å². The third-order valence-electron chi connectivity index (χ3n) is 3.79. The first-order valence-electron chi connectivity index (χ1n) is 8.45. The second-order valence-corrected chi connectivity index (χ2v) is 5.69. The highest BCUT2D eigenvalue weighted by Gasteiger charge is 2.07. The molecule has 1 unspecified atom stereocenters. The monoisotopic (exact) mass is 341 g/mol. The van der Waals surface area contributed by atoms with Gasteiger partial charge in [0.1, 0.15) is 12.4 Å². The van der Waals surface area contributed by atoms with Crippen molar-refractivity contribution in [1.82, 2.24) is 10.6 Å². The maximum Gasteiger partial charge on any atom is 0.191 e. The van der Waals surface area contributed by atoms with Crippen LogP contribution in [0.4, 0.5) is 0 Å². The largest absolute Gasteiger partial charge is 0.491 e. The van der Waals surface area contributed by atoms with Crippen molar-refractivity contribution >= 4 is 5.96 Å². The molecule has 0 fully saturated rings. The van der Waals surface area contributed by atoms with Gasteiger partial charge in [0, 0.05) is 20.7 Å². The standard InChI is InChI=1S/C20H27N3O2/c1-16(18-9-5-4-6-10-18)23-20(21-2)22-15-17-8-7-11-19(14-17)25-13-12-24-3/h4-11,14,16H,12-13,15H2,1-3H3,(H2,21,22,23). The first-order chi connectivity index (χ1) is 12.2. The molecule has 134 valence electrons. The topological polar surface area (TPSA) is 54.9 Å². The summed E-state index contributed by atoms with van der Waals surface area (Å²) in [5, 5.41) is 6.74. The maximum absolute atomic E-state index is 5.64. The minimum absolute atomic E-state index is 0.177. The number of hydrogen-bond donors (Lipinski definition) is 2. The highest BCUT2D eigenvalue weighted by atomic mass is 16.5. The highest BCUT2D eigenvalue weighted by Crippen LogP contribution is 2.14. The van der Waals surface area contributed by atoms with E-state index in [-0.39, 0.29) is 6.04 Å². The molecule has 2 aromatic rings. The van der Waals surface area contributed by atoms with E-state index >= 15 is 0 Å². The molecule has 0 aliphatic rings. The van der Waals surface area contributed by atoms with E-state index in [1.807, 2.05) is 36.4 Å². The van der Waals surface area contributed by atoms with Gasteiger partial charge in [-0.3, -0.25) is 4.99 Å². The Hall–Kier alpha value is -2.53. The smallest absolute Gasteiger partial charge is 0.191 e. The molecule has 0 aromatic heterocycles. The third-order valence-corrected chi connectivity index (χ3v) is 3.79. The molecule has 5 nitrogen and oxygen atoms in total. The van der Waals surface area contributed by atoms with Crippen molar-refractivity contribution in [2.24, 2.45) is 4.99 Å². The Bertz CT molecular complexity index is 659. The molecule has 0 saturated carbocycles. The Labute approximate surface area is 150 Å². The number of hydrogen-bond acceptors (Lipinski definition) is 3. The second-order valence-electron chi connectivity index (χ2n) is 5.69. The molecule has 0 radical (unpaired) electrons. The van der Waals surface area contributed by atoms with Gasteiger partial charge >= 0.3 is 0 Å². The van der Waals surface area contributed by atoms with E-state index in [0.29, 0.717) is 19.8 Å². The van der Waals surface area contributed by atoms with Crippen molar-refractivity contribution in [2.75, 3.05) is 27.4 Å². The number of nitrogens with zero attached hydrogens (tertiary/aromatic N) is 1. The summed E-state index contributed by atoms with van der Waals surface area (Å²) in [5.74, 6) is 1.61. The summed E-state index contributed by atoms with van der Waals surface area (Å²) >= 11 is 0. The van der Waals surface area contributed by atoms with Crippen molar-refractivity contribution in [2.45, 2.75) is 19.5 Å². The number of methoxy groups -OCH3 is 1. The molecule has 5 heteroatoms. The van der Waals surface area contributed by atoms with Gasteiger partial charge in [-0.15, -0.1) is 0 Å². The van der Waals surface area contributed by atoms with Crippen LogP contribution in [0.1, 0.15) is 24.1 Å². The molecule has 0 bridgehead atoms. The van der Waals surface area contributed by atoms with Crippen molar-refractivity contribution in [3.05, 3.63) is 65.7 Å². The van der Waals surface area contributed by atoms with Crippen molar-refractivity contribution < 1.29 is 9.47 Å². The van der Waals surface area contributed by atoms with Gasteiger partial charge in [-0.2, -0.15) is 0 Å². The normalized spacial score (nSPS) is 12.5. The van der Waals surface area contributed by atoms with Crippen LogP contribution in [0, 0.1) is 0 Å². The Kier molecular flexibility index (Phi) is 7.79. The van der Waals surface area contributed by atoms with Gasteiger partial charge in [0.2, 0.25) is 0 Å². The fourth-order valence-electron chi connectivity index (χ4n) is 2.40. The second kappa shape index (κ2) is 10.4. The van der Waals surface area contributed by atoms with E-state index in [1.54, 1.807) is 14.2 Å². The van der Waals surface area contributed by atoms with E-state index in [4.69, 9.17) is 9.47 Å². The van der Waals surface area contributed by atoms with Crippen LogP contribution < -0.4 is 15.4 Å². The Morgan fingerprint density at radius 2 is 1.88 bits per heavy atom. The summed E-state index contributed by atoms with van der Waals surface area (Å²) in [6.07, 6.45) is 0. The maximum atomic E-state index is 5.64. The lowest BCUT2D eigenvalue weighted by molar-refractivity contribution is 0.146. The predicted octanol–water partition coefficient (Wildman–Crippen LogP) is 3.14. The number of guanidine groups is 1. The molecule has 0 aliphatic carbocycles. The Morgan fingerprint density at radius 3 is 2.60 bits per heavy atom. The third kappa shape index (κ3) is 6.47. The van der Waals surface area contributed by atoms with E-state index in [0.717, 1.165) is 17.3 Å². The number of rotatable bonds is 8. The SMILES string of the molecule is CN=C(NCc1cccc(OCCOC)c1)NC(C)c1ccccc1. The Balaban J connectivity index is 1.87. The number of ether oxygens (including phenoxy) is 2. The first-order valence-corrected chi connectivity index (χ1v) is 8.45. The minimum Gasteiger partial charge on any atom is -0.491 e. The molecule has 0 aliphatic heterocycles. The van der Waals surface area contributed by atoms with Crippen LogP contribution in [0.2, 0.25) is 0 Å². The summed E-state index contributed by atoms with van der Waals surface area (Å²) in [4.78, 5) is 4.30. The molecule has 0 heterocycles. The number of nitrogens with one attached hydrogen (secondary N) is 2. The van der Waals surface area contributed by atoms with Crippen molar-refractivity contribution in [1.29, 1.82) is 0 Å². The zero-order valence-corrected chi connectivity index (χ0v) is 15.2. The van der Waals surface area contributed by atoms with Gasteiger partial charge in [0.25, 0.3) is 0 Å². The van der Waals surface area contributed by atoms with Crippen LogP contribution in [-0.2, 0) is 11.3 Å². The molecular weight excluding hydrogens is 314 g/mol. The minimum atomic E-state index is 0.177. The summed E-state index contributed by atoms with van der Waals surface area (Å²) in [7, 11) is 3.44. The van der Waals surface area contributed by atoms with Crippen LogP contribution in [0.3, 0.4) is 0 Å². The summed E-state index contributed by atoms with van der Waals surface area (Å²) in [5.41, 5.74) is 2.35. The van der Waals surface area contributed by atoms with E-state index < -0.39 is 0 Å². The van der Waals surface area contributed by atoms with E-state index in [1.165, 1.54) is 5.56 Å². The zero-order valence-electron chi connectivity index (χ0n) is 15.2. The van der Waals surface area contributed by atoms with Crippen LogP contribution in [0.5, 0.6) is 5.75 Å². The molecule has 2 rings (SSSR count). The zero-order chi connectivity index (χ0) is 17.9. The lowest BCUT2D eigenvalue weighted by Crippen LogP contribution is -2.38. The summed E-state index contributed by atoms with van der Waals surface area (Å²) < 4.78 is 10.6. The lowest BCUT2D eigenvalue weighted by Gasteiger charge is -2.18. The van der Waals surface area contributed by atoms with Crippen LogP contribution in [0.15, 0.2) is 59.6 Å². The van der Waals surface area contributed by atoms with Crippen LogP contribution in [0.25, 0.3) is 0 Å². The Morgan fingerprint density at radius 1 is 1.08 bits per heavy atom. The van der Waals surface area contributed by atoms with E-state index in [2.05, 4.69) is 40.7 Å². The average molecular weight is 341 g/mol. The van der Waals surface area contributed by atoms with E-state index in [9.17, 15) is 0 Å². The average Bonchev–Trinajstić information content (AvgIpc) is 2.66. The van der Waals surface area contributed by atoms with Crippen LogP contribution >= 0.6 is 0 Å². The van der Waals surface area contributed by atoms with Gasteiger partial charge in [0.15, 0.2) is 5.96 Å². The highest BCUT2D eigenvalue weighted by molar-refractivity contribution is 5.80.